The van der Waals surface area contributed by atoms with Gasteiger partial charge in [-0.3, -0.25) is 0 Å². The van der Waals surface area contributed by atoms with E-state index in [9.17, 15) is 4.79 Å². The fraction of sp³-hybridized carbons (Fsp3) is 0.308. The average molecular weight is 328 g/mol. The molecule has 0 aliphatic carbocycles. The molecule has 0 bridgehead atoms. The van der Waals surface area contributed by atoms with Gasteiger partial charge in [-0.2, -0.15) is 0 Å². The number of hydrogen-bond donors (Lipinski definition) is 0. The molecule has 0 radical (unpaired) electrons. The zero-order valence-corrected chi connectivity index (χ0v) is 11.3. The highest BCUT2D eigenvalue weighted by atomic mass is 127. The molecule has 0 N–H and O–H groups in total. The summed E-state index contributed by atoms with van der Waals surface area (Å²) >= 11 is 2.12. The summed E-state index contributed by atoms with van der Waals surface area (Å²) in [6, 6.07) is 7.36. The number of benzene rings is 1. The van der Waals surface area contributed by atoms with Crippen LogP contribution < -0.4 is 4.74 Å². The molecule has 16 heavy (non-hydrogen) atoms. The summed E-state index contributed by atoms with van der Waals surface area (Å²) in [5.41, 5.74) is 0. The van der Waals surface area contributed by atoms with Gasteiger partial charge in [0.25, 0.3) is 0 Å². The van der Waals surface area contributed by atoms with E-state index in [-0.39, 0.29) is 0 Å². The van der Waals surface area contributed by atoms with E-state index in [4.69, 9.17) is 4.74 Å². The third-order valence-corrected chi connectivity index (χ3v) is 2.78. The van der Waals surface area contributed by atoms with Crippen molar-refractivity contribution < 1.29 is 9.53 Å². The van der Waals surface area contributed by atoms with Crippen LogP contribution in [-0.4, -0.2) is 5.97 Å². The third-order valence-electron chi connectivity index (χ3n) is 1.89. The summed E-state index contributed by atoms with van der Waals surface area (Å²) in [4.78, 5) is 11.3. The van der Waals surface area contributed by atoms with Crippen LogP contribution in [0.25, 0.3) is 0 Å². The molecule has 0 aliphatic rings. The second kappa shape index (κ2) is 7.29. The molecule has 0 saturated carbocycles. The quantitative estimate of drug-likeness (QED) is 0.212. The Labute approximate surface area is 110 Å². The van der Waals surface area contributed by atoms with E-state index in [2.05, 4.69) is 41.4 Å². The molecule has 0 amide bonds. The maximum Gasteiger partial charge on any atom is 0.389 e. The second-order valence-corrected chi connectivity index (χ2v) is 4.39. The van der Waals surface area contributed by atoms with Gasteiger partial charge in [0.05, 0.1) is 3.57 Å². The molecule has 3 heteroatoms. The van der Waals surface area contributed by atoms with Crippen LogP contribution in [-0.2, 0) is 4.79 Å². The minimum absolute atomic E-state index is 0.486. The van der Waals surface area contributed by atoms with Crippen molar-refractivity contribution in [3.8, 4) is 17.6 Å². The Morgan fingerprint density at radius 1 is 1.44 bits per heavy atom. The van der Waals surface area contributed by atoms with Crippen molar-refractivity contribution in [3.63, 3.8) is 0 Å². The maximum atomic E-state index is 11.3. The smallest absolute Gasteiger partial charge is 0.389 e. The van der Waals surface area contributed by atoms with E-state index in [1.807, 2.05) is 18.2 Å². The summed E-state index contributed by atoms with van der Waals surface area (Å²) < 4.78 is 6.01. The number of esters is 1. The Hall–Kier alpha value is -1.02. The first-order chi connectivity index (χ1) is 7.74. The fourth-order valence-electron chi connectivity index (χ4n) is 1.05. The highest BCUT2D eigenvalue weighted by Gasteiger charge is 2.03. The number of rotatable bonds is 3. The minimum atomic E-state index is -0.486. The normalized spacial score (nSPS) is 9.12. The van der Waals surface area contributed by atoms with E-state index in [0.29, 0.717) is 5.75 Å². The predicted molar refractivity (Wildman–Crippen MR) is 72.1 cm³/mol. The van der Waals surface area contributed by atoms with E-state index in [1.165, 1.54) is 0 Å². The molecule has 84 valence electrons. The first kappa shape index (κ1) is 13.0. The lowest BCUT2D eigenvalue weighted by Crippen LogP contribution is -2.05. The molecule has 0 unspecified atom stereocenters. The number of halogens is 1. The molecular weight excluding hydrogens is 315 g/mol. The summed E-state index contributed by atoms with van der Waals surface area (Å²) in [6.45, 7) is 2.09. The Balaban J connectivity index is 2.51. The second-order valence-electron chi connectivity index (χ2n) is 3.23. The van der Waals surface area contributed by atoms with Crippen molar-refractivity contribution in [1.82, 2.24) is 0 Å². The van der Waals surface area contributed by atoms with E-state index >= 15 is 0 Å². The van der Waals surface area contributed by atoms with Gasteiger partial charge in [0, 0.05) is 12.3 Å². The molecule has 2 nitrogen and oxygen atoms in total. The van der Waals surface area contributed by atoms with Gasteiger partial charge < -0.3 is 4.74 Å². The number of unbranched alkanes of at least 4 members (excludes halogenated alkanes) is 2. The van der Waals surface area contributed by atoms with Gasteiger partial charge in [0.2, 0.25) is 0 Å². The minimum Gasteiger partial charge on any atom is -0.416 e. The standard InChI is InChI=1S/C13H13IO2/c1-2-3-4-5-10-13(15)16-12-9-7-6-8-11(12)14/h6-9H,2-4H2,1H3. The van der Waals surface area contributed by atoms with Gasteiger partial charge in [-0.25, -0.2) is 4.79 Å². The van der Waals surface area contributed by atoms with Gasteiger partial charge in [-0.1, -0.05) is 31.4 Å². The number of ether oxygens (including phenoxy) is 1. The zero-order chi connectivity index (χ0) is 11.8. The summed E-state index contributed by atoms with van der Waals surface area (Å²) in [5.74, 6) is 5.36. The SMILES string of the molecule is CCCCC#CC(=O)Oc1ccccc1I. The van der Waals surface area contributed by atoms with Crippen LogP contribution in [0.1, 0.15) is 26.2 Å². The molecule has 0 spiro atoms. The Morgan fingerprint density at radius 2 is 2.19 bits per heavy atom. The molecule has 1 aromatic carbocycles. The molecule has 0 fully saturated rings. The van der Waals surface area contributed by atoms with E-state index < -0.39 is 5.97 Å². The van der Waals surface area contributed by atoms with E-state index in [1.54, 1.807) is 6.07 Å². The van der Waals surface area contributed by atoms with Crippen LogP contribution in [0, 0.1) is 15.4 Å². The van der Waals surface area contributed by atoms with Crippen LogP contribution >= 0.6 is 22.6 Å². The Morgan fingerprint density at radius 3 is 2.88 bits per heavy atom. The van der Waals surface area contributed by atoms with Gasteiger partial charge in [0.15, 0.2) is 0 Å². The number of carbonyl (C=O) groups is 1. The van der Waals surface area contributed by atoms with Crippen molar-refractivity contribution in [2.45, 2.75) is 26.2 Å². The monoisotopic (exact) mass is 328 g/mol. The Kier molecular flexibility index (Phi) is 5.94. The topological polar surface area (TPSA) is 26.3 Å². The number of hydrogen-bond acceptors (Lipinski definition) is 2. The highest BCUT2D eigenvalue weighted by Crippen LogP contribution is 2.19. The number of carbonyl (C=O) groups excluding carboxylic acids is 1. The summed E-state index contributed by atoms with van der Waals surface area (Å²) in [6.07, 6.45) is 2.85. The summed E-state index contributed by atoms with van der Waals surface area (Å²) in [7, 11) is 0. The maximum absolute atomic E-state index is 11.3. The fourth-order valence-corrected chi connectivity index (χ4v) is 1.55. The Bertz CT molecular complexity index is 415. The molecule has 1 rings (SSSR count). The molecule has 1 aromatic rings. The van der Waals surface area contributed by atoms with Crippen LogP contribution in [0.3, 0.4) is 0 Å². The van der Waals surface area contributed by atoms with Gasteiger partial charge in [-0.15, -0.1) is 0 Å². The van der Waals surface area contributed by atoms with Gasteiger partial charge in [-0.05, 0) is 41.1 Å². The average Bonchev–Trinajstić information content (AvgIpc) is 2.28. The lowest BCUT2D eigenvalue weighted by Gasteiger charge is -2.01. The lowest BCUT2D eigenvalue weighted by molar-refractivity contribution is -0.128. The molecule has 0 aromatic heterocycles. The molecule has 0 atom stereocenters. The van der Waals surface area contributed by atoms with Crippen LogP contribution in [0.5, 0.6) is 5.75 Å². The number of para-hydroxylation sites is 1. The van der Waals surface area contributed by atoms with Crippen molar-refractivity contribution in [2.24, 2.45) is 0 Å². The van der Waals surface area contributed by atoms with Crippen LogP contribution in [0.15, 0.2) is 24.3 Å². The first-order valence-corrected chi connectivity index (χ1v) is 6.27. The van der Waals surface area contributed by atoms with E-state index in [0.717, 1.165) is 22.8 Å². The van der Waals surface area contributed by atoms with Gasteiger partial charge in [0.1, 0.15) is 5.75 Å². The highest BCUT2D eigenvalue weighted by molar-refractivity contribution is 14.1. The molecule has 0 heterocycles. The third kappa shape index (κ3) is 4.67. The van der Waals surface area contributed by atoms with Gasteiger partial charge >= 0.3 is 5.97 Å². The van der Waals surface area contributed by atoms with Crippen LogP contribution in [0.2, 0.25) is 0 Å². The van der Waals surface area contributed by atoms with Crippen molar-refractivity contribution in [2.75, 3.05) is 0 Å². The zero-order valence-electron chi connectivity index (χ0n) is 9.13. The van der Waals surface area contributed by atoms with Crippen LogP contribution in [0.4, 0.5) is 0 Å². The molecular formula is C13H13IO2. The predicted octanol–water partition coefficient (Wildman–Crippen LogP) is 3.39. The molecule has 0 aliphatic heterocycles. The molecule has 0 saturated heterocycles. The van der Waals surface area contributed by atoms with Crippen molar-refractivity contribution in [3.05, 3.63) is 27.8 Å². The first-order valence-electron chi connectivity index (χ1n) is 5.19. The summed E-state index contributed by atoms with van der Waals surface area (Å²) in [5, 5.41) is 0. The van der Waals surface area contributed by atoms with Crippen molar-refractivity contribution in [1.29, 1.82) is 0 Å². The largest absolute Gasteiger partial charge is 0.416 e. The van der Waals surface area contributed by atoms with Crippen molar-refractivity contribution >= 4 is 28.6 Å². The lowest BCUT2D eigenvalue weighted by atomic mass is 10.2.